The first-order valence-corrected chi connectivity index (χ1v) is 7.32. The van der Waals surface area contributed by atoms with Gasteiger partial charge in [0.1, 0.15) is 5.01 Å². The molecule has 4 nitrogen and oxygen atoms in total. The first-order valence-electron chi connectivity index (χ1n) is 6.45. The van der Waals surface area contributed by atoms with Crippen LogP contribution in [0.5, 0.6) is 0 Å². The quantitative estimate of drug-likeness (QED) is 0.851. The van der Waals surface area contributed by atoms with E-state index in [1.165, 1.54) is 26.4 Å². The van der Waals surface area contributed by atoms with Crippen LogP contribution in [0.2, 0.25) is 0 Å². The summed E-state index contributed by atoms with van der Waals surface area (Å²) in [6, 6.07) is 0. The van der Waals surface area contributed by atoms with E-state index in [0.717, 1.165) is 23.5 Å². The molecular formula is C13H20N2O2S. The van der Waals surface area contributed by atoms with E-state index < -0.39 is 0 Å². The molecule has 1 aliphatic rings. The number of nitrogens with two attached hydrogens (primary N) is 1. The van der Waals surface area contributed by atoms with Gasteiger partial charge in [-0.1, -0.05) is 19.3 Å². The average molecular weight is 268 g/mol. The van der Waals surface area contributed by atoms with Crippen LogP contribution >= 0.6 is 11.3 Å². The second-order valence-corrected chi connectivity index (χ2v) is 5.80. The zero-order valence-electron chi connectivity index (χ0n) is 10.8. The molecule has 1 aromatic heterocycles. The Bertz CT molecular complexity index is 411. The number of esters is 1. The van der Waals surface area contributed by atoms with Crippen molar-refractivity contribution in [3.8, 4) is 0 Å². The van der Waals surface area contributed by atoms with Crippen LogP contribution in [-0.2, 0) is 21.5 Å². The molecule has 2 rings (SSSR count). The van der Waals surface area contributed by atoms with Crippen molar-refractivity contribution in [1.82, 2.24) is 4.98 Å². The maximum absolute atomic E-state index is 11.1. The third kappa shape index (κ3) is 3.09. The fraction of sp³-hybridized carbons (Fsp3) is 0.692. The Hall–Kier alpha value is -0.940. The van der Waals surface area contributed by atoms with Crippen LogP contribution in [0.1, 0.15) is 49.2 Å². The summed E-state index contributed by atoms with van der Waals surface area (Å²) in [7, 11) is 1.41. The minimum Gasteiger partial charge on any atom is -0.469 e. The third-order valence-electron chi connectivity index (χ3n) is 3.54. The second kappa shape index (κ2) is 5.80. The number of thiazole rings is 1. The van der Waals surface area contributed by atoms with Crippen LogP contribution in [0.3, 0.4) is 0 Å². The Kier molecular flexibility index (Phi) is 4.35. The Balaban J connectivity index is 1.98. The molecule has 1 heterocycles. The van der Waals surface area contributed by atoms with E-state index >= 15 is 0 Å². The van der Waals surface area contributed by atoms with E-state index in [0.29, 0.717) is 12.8 Å². The molecule has 0 amide bonds. The Morgan fingerprint density at radius 1 is 1.50 bits per heavy atom. The van der Waals surface area contributed by atoms with Gasteiger partial charge >= 0.3 is 5.97 Å². The van der Waals surface area contributed by atoms with Crippen LogP contribution in [0.25, 0.3) is 0 Å². The zero-order chi connectivity index (χ0) is 13.0. The highest BCUT2D eigenvalue weighted by molar-refractivity contribution is 7.09. The first-order chi connectivity index (χ1) is 8.64. The smallest absolute Gasteiger partial charge is 0.305 e. The number of methoxy groups -OCH3 is 1. The van der Waals surface area contributed by atoms with Gasteiger partial charge in [0.05, 0.1) is 24.8 Å². The molecule has 18 heavy (non-hydrogen) atoms. The summed E-state index contributed by atoms with van der Waals surface area (Å²) >= 11 is 1.63. The highest BCUT2D eigenvalue weighted by atomic mass is 32.1. The van der Waals surface area contributed by atoms with Gasteiger partial charge in [-0.2, -0.15) is 0 Å². The van der Waals surface area contributed by atoms with Crippen LogP contribution < -0.4 is 5.73 Å². The molecule has 0 atom stereocenters. The Morgan fingerprint density at radius 2 is 2.22 bits per heavy atom. The van der Waals surface area contributed by atoms with Crippen LogP contribution in [-0.4, -0.2) is 18.1 Å². The molecule has 1 fully saturated rings. The summed E-state index contributed by atoms with van der Waals surface area (Å²) in [5.41, 5.74) is 7.16. The highest BCUT2D eigenvalue weighted by Gasteiger charge is 2.32. The highest BCUT2D eigenvalue weighted by Crippen LogP contribution is 2.36. The normalized spacial score (nSPS) is 18.6. The molecule has 1 aliphatic carbocycles. The molecule has 0 saturated heterocycles. The van der Waals surface area contributed by atoms with Crippen molar-refractivity contribution in [3.05, 3.63) is 16.1 Å². The van der Waals surface area contributed by atoms with Gasteiger partial charge < -0.3 is 10.5 Å². The topological polar surface area (TPSA) is 65.2 Å². The van der Waals surface area contributed by atoms with Gasteiger partial charge in [0.25, 0.3) is 0 Å². The summed E-state index contributed by atoms with van der Waals surface area (Å²) in [5, 5.41) is 3.05. The molecule has 1 aromatic rings. The summed E-state index contributed by atoms with van der Waals surface area (Å²) in [6.45, 7) is 0. The first kappa shape index (κ1) is 13.5. The van der Waals surface area contributed by atoms with Crippen molar-refractivity contribution in [2.24, 2.45) is 5.73 Å². The maximum atomic E-state index is 11.1. The third-order valence-corrected chi connectivity index (χ3v) is 4.65. The number of rotatable bonds is 4. The van der Waals surface area contributed by atoms with E-state index in [9.17, 15) is 4.79 Å². The van der Waals surface area contributed by atoms with Gasteiger partial charge in [0.2, 0.25) is 0 Å². The van der Waals surface area contributed by atoms with Crippen LogP contribution in [0.15, 0.2) is 5.38 Å². The van der Waals surface area contributed by atoms with Crippen molar-refractivity contribution >= 4 is 17.3 Å². The maximum Gasteiger partial charge on any atom is 0.305 e. The molecule has 0 aromatic carbocycles. The second-order valence-electron chi connectivity index (χ2n) is 4.94. The van der Waals surface area contributed by atoms with Crippen molar-refractivity contribution in [2.75, 3.05) is 7.11 Å². The molecule has 0 unspecified atom stereocenters. The molecule has 1 saturated carbocycles. The fourth-order valence-corrected chi connectivity index (χ4v) is 3.41. The molecule has 0 spiro atoms. The number of carbonyl (C=O) groups is 1. The summed E-state index contributed by atoms with van der Waals surface area (Å²) in [6.07, 6.45) is 6.73. The molecular weight excluding hydrogens is 248 g/mol. The molecule has 0 aliphatic heterocycles. The van der Waals surface area contributed by atoms with Crippen molar-refractivity contribution in [1.29, 1.82) is 0 Å². The average Bonchev–Trinajstić information content (AvgIpc) is 2.86. The lowest BCUT2D eigenvalue weighted by Crippen LogP contribution is -2.38. The van der Waals surface area contributed by atoms with E-state index in [1.807, 2.05) is 5.38 Å². The number of ether oxygens (including phenoxy) is 1. The van der Waals surface area contributed by atoms with Gasteiger partial charge in [-0.3, -0.25) is 4.79 Å². The van der Waals surface area contributed by atoms with Crippen molar-refractivity contribution in [2.45, 2.75) is 50.5 Å². The number of carbonyl (C=O) groups excluding carboxylic acids is 1. The SMILES string of the molecule is COC(=O)CCc1csc(C2(N)CCCCC2)n1. The van der Waals surface area contributed by atoms with Crippen molar-refractivity contribution in [3.63, 3.8) is 0 Å². The molecule has 0 radical (unpaired) electrons. The molecule has 5 heteroatoms. The van der Waals surface area contributed by atoms with Gasteiger partial charge in [-0.15, -0.1) is 11.3 Å². The van der Waals surface area contributed by atoms with E-state index in [2.05, 4.69) is 9.72 Å². The standard InChI is InChI=1S/C13H20N2O2S/c1-17-11(16)6-5-10-9-18-12(15-10)13(14)7-3-2-4-8-13/h9H,2-8,14H2,1H3. The van der Waals surface area contributed by atoms with E-state index in [-0.39, 0.29) is 11.5 Å². The summed E-state index contributed by atoms with van der Waals surface area (Å²) in [4.78, 5) is 15.7. The number of aromatic nitrogens is 1. The summed E-state index contributed by atoms with van der Waals surface area (Å²) < 4.78 is 4.63. The van der Waals surface area contributed by atoms with Crippen LogP contribution in [0.4, 0.5) is 0 Å². The minimum atomic E-state index is -0.230. The fourth-order valence-electron chi connectivity index (χ4n) is 2.38. The predicted molar refractivity (Wildman–Crippen MR) is 71.4 cm³/mol. The molecule has 100 valence electrons. The number of aryl methyl sites for hydroxylation is 1. The zero-order valence-corrected chi connectivity index (χ0v) is 11.6. The lowest BCUT2D eigenvalue weighted by molar-refractivity contribution is -0.140. The minimum absolute atomic E-state index is 0.190. The Morgan fingerprint density at radius 3 is 2.89 bits per heavy atom. The Labute approximate surface area is 112 Å². The molecule has 2 N–H and O–H groups in total. The monoisotopic (exact) mass is 268 g/mol. The van der Waals surface area contributed by atoms with Gasteiger partial charge in [0.15, 0.2) is 0 Å². The predicted octanol–water partition coefficient (Wildman–Crippen LogP) is 2.37. The van der Waals surface area contributed by atoms with Gasteiger partial charge in [-0.25, -0.2) is 4.98 Å². The van der Waals surface area contributed by atoms with Gasteiger partial charge in [0, 0.05) is 11.8 Å². The number of hydrogen-bond acceptors (Lipinski definition) is 5. The van der Waals surface area contributed by atoms with E-state index in [4.69, 9.17) is 5.73 Å². The lowest BCUT2D eigenvalue weighted by atomic mass is 9.83. The number of hydrogen-bond donors (Lipinski definition) is 1. The molecule has 0 bridgehead atoms. The number of nitrogens with zero attached hydrogens (tertiary/aromatic N) is 1. The largest absolute Gasteiger partial charge is 0.469 e. The van der Waals surface area contributed by atoms with E-state index in [1.54, 1.807) is 11.3 Å². The summed E-state index contributed by atoms with van der Waals surface area (Å²) in [5.74, 6) is -0.190. The van der Waals surface area contributed by atoms with Gasteiger partial charge in [-0.05, 0) is 12.8 Å². The van der Waals surface area contributed by atoms with Crippen molar-refractivity contribution < 1.29 is 9.53 Å². The lowest BCUT2D eigenvalue weighted by Gasteiger charge is -2.31. The van der Waals surface area contributed by atoms with Crippen LogP contribution in [0, 0.1) is 0 Å².